The number of nitrogens with zero attached hydrogens (tertiary/aromatic N) is 2. The number of nitrogens with one attached hydrogen (secondary N) is 2. The van der Waals surface area contributed by atoms with Crippen LogP contribution in [0.15, 0.2) is 71.6 Å². The lowest BCUT2D eigenvalue weighted by molar-refractivity contribution is 0.601. The maximum absolute atomic E-state index is 13.0. The van der Waals surface area contributed by atoms with Gasteiger partial charge in [-0.05, 0) is 73.9 Å². The predicted octanol–water partition coefficient (Wildman–Crippen LogP) is 5.10. The van der Waals surface area contributed by atoms with Crippen molar-refractivity contribution in [1.82, 2.24) is 9.97 Å². The van der Waals surface area contributed by atoms with Gasteiger partial charge in [-0.15, -0.1) is 0 Å². The van der Waals surface area contributed by atoms with Crippen molar-refractivity contribution in [1.29, 1.82) is 0 Å². The van der Waals surface area contributed by atoms with Gasteiger partial charge in [0, 0.05) is 5.69 Å². The Morgan fingerprint density at radius 2 is 1.43 bits per heavy atom. The molecule has 152 valence electrons. The molecule has 4 aromatic rings. The number of aryl methyl sites for hydroxylation is 3. The van der Waals surface area contributed by atoms with Gasteiger partial charge in [0.05, 0.1) is 15.9 Å². The maximum Gasteiger partial charge on any atom is 0.263 e. The van der Waals surface area contributed by atoms with Crippen molar-refractivity contribution in [2.24, 2.45) is 0 Å². The number of rotatable bonds is 5. The molecule has 7 heteroatoms. The Hall–Kier alpha value is -3.45. The van der Waals surface area contributed by atoms with E-state index < -0.39 is 10.0 Å². The number of fused-ring (bicyclic) bond motifs is 1. The highest BCUT2D eigenvalue weighted by Gasteiger charge is 2.19. The number of hydrogen-bond acceptors (Lipinski definition) is 5. The zero-order valence-corrected chi connectivity index (χ0v) is 17.8. The molecular formula is C23H22N4O2S. The van der Waals surface area contributed by atoms with Gasteiger partial charge in [0.1, 0.15) is 0 Å². The number of hydrogen-bond donors (Lipinski definition) is 2. The van der Waals surface area contributed by atoms with Gasteiger partial charge in [-0.25, -0.2) is 18.4 Å². The van der Waals surface area contributed by atoms with Crippen molar-refractivity contribution < 1.29 is 8.42 Å². The molecule has 1 aromatic heterocycles. The minimum absolute atomic E-state index is 0.147. The molecular weight excluding hydrogens is 396 g/mol. The van der Waals surface area contributed by atoms with E-state index in [-0.39, 0.29) is 10.7 Å². The first-order chi connectivity index (χ1) is 14.3. The van der Waals surface area contributed by atoms with Gasteiger partial charge < -0.3 is 5.32 Å². The highest BCUT2D eigenvalue weighted by Crippen LogP contribution is 2.28. The zero-order valence-electron chi connectivity index (χ0n) is 17.0. The first-order valence-corrected chi connectivity index (χ1v) is 11.0. The quantitative estimate of drug-likeness (QED) is 0.471. The molecule has 0 saturated carbocycles. The molecule has 0 spiro atoms. The van der Waals surface area contributed by atoms with Crippen LogP contribution in [0, 0.1) is 20.8 Å². The van der Waals surface area contributed by atoms with Crippen LogP contribution in [0.3, 0.4) is 0 Å². The van der Waals surface area contributed by atoms with Crippen molar-refractivity contribution >= 4 is 38.4 Å². The number of aromatic nitrogens is 2. The first kappa shape index (κ1) is 19.8. The van der Waals surface area contributed by atoms with E-state index in [1.807, 2.05) is 63.2 Å². The molecule has 0 saturated heterocycles. The van der Waals surface area contributed by atoms with Gasteiger partial charge in [0.25, 0.3) is 10.0 Å². The van der Waals surface area contributed by atoms with Crippen LogP contribution >= 0.6 is 0 Å². The molecule has 6 nitrogen and oxygen atoms in total. The zero-order chi connectivity index (χ0) is 21.3. The van der Waals surface area contributed by atoms with E-state index in [2.05, 4.69) is 20.0 Å². The monoisotopic (exact) mass is 418 g/mol. The van der Waals surface area contributed by atoms with Crippen molar-refractivity contribution in [2.45, 2.75) is 25.7 Å². The largest absolute Gasteiger partial charge is 0.337 e. The Morgan fingerprint density at radius 3 is 2.10 bits per heavy atom. The lowest BCUT2D eigenvalue weighted by atomic mass is 10.1. The van der Waals surface area contributed by atoms with E-state index in [9.17, 15) is 8.42 Å². The second-order valence-corrected chi connectivity index (χ2v) is 8.94. The molecule has 0 aliphatic carbocycles. The fourth-order valence-electron chi connectivity index (χ4n) is 3.08. The van der Waals surface area contributed by atoms with Crippen LogP contribution in [0.4, 0.5) is 17.3 Å². The lowest BCUT2D eigenvalue weighted by Crippen LogP contribution is -2.16. The topological polar surface area (TPSA) is 84.0 Å². The second kappa shape index (κ2) is 7.76. The standard InChI is InChI=1S/C23H22N4O2S/c1-15-7-6-8-19(13-15)30(28,29)27-23-22(24-18-12-11-16(2)17(3)14-18)25-20-9-4-5-10-21(20)26-23/h4-14H,1-3H3,(H,24,25)(H,26,27). The lowest BCUT2D eigenvalue weighted by Gasteiger charge is -2.14. The third-order valence-electron chi connectivity index (χ3n) is 4.87. The minimum Gasteiger partial charge on any atom is -0.337 e. The molecule has 0 atom stereocenters. The van der Waals surface area contributed by atoms with Gasteiger partial charge in [-0.2, -0.15) is 0 Å². The van der Waals surface area contributed by atoms with Crippen LogP contribution in [-0.4, -0.2) is 18.4 Å². The molecule has 0 radical (unpaired) electrons. The summed E-state index contributed by atoms with van der Waals surface area (Å²) in [5.74, 6) is 0.488. The molecule has 0 bridgehead atoms. The highest BCUT2D eigenvalue weighted by molar-refractivity contribution is 7.92. The molecule has 0 fully saturated rings. The average Bonchev–Trinajstić information content (AvgIpc) is 2.71. The fourth-order valence-corrected chi connectivity index (χ4v) is 4.20. The van der Waals surface area contributed by atoms with Crippen LogP contribution in [0.5, 0.6) is 0 Å². The molecule has 0 amide bonds. The van der Waals surface area contributed by atoms with Gasteiger partial charge >= 0.3 is 0 Å². The Labute approximate surface area is 176 Å². The average molecular weight is 419 g/mol. The van der Waals surface area contributed by atoms with Crippen molar-refractivity contribution in [3.05, 3.63) is 83.4 Å². The van der Waals surface area contributed by atoms with Gasteiger partial charge in [-0.3, -0.25) is 4.72 Å². The summed E-state index contributed by atoms with van der Waals surface area (Å²) in [7, 11) is -3.83. The van der Waals surface area contributed by atoms with E-state index in [1.165, 1.54) is 5.56 Å². The summed E-state index contributed by atoms with van der Waals surface area (Å²) in [5.41, 5.74) is 5.23. The Kier molecular flexibility index (Phi) is 5.13. The van der Waals surface area contributed by atoms with E-state index in [0.717, 1.165) is 16.8 Å². The highest BCUT2D eigenvalue weighted by atomic mass is 32.2. The van der Waals surface area contributed by atoms with Gasteiger partial charge in [0.15, 0.2) is 11.6 Å². The minimum atomic E-state index is -3.83. The summed E-state index contributed by atoms with van der Waals surface area (Å²) in [6.45, 7) is 5.91. The summed E-state index contributed by atoms with van der Waals surface area (Å²) in [6.07, 6.45) is 0. The van der Waals surface area contributed by atoms with Crippen molar-refractivity contribution in [3.8, 4) is 0 Å². The van der Waals surface area contributed by atoms with Crippen LogP contribution < -0.4 is 10.0 Å². The summed E-state index contributed by atoms with van der Waals surface area (Å²) in [4.78, 5) is 9.32. The van der Waals surface area contributed by atoms with Gasteiger partial charge in [0.2, 0.25) is 0 Å². The summed E-state index contributed by atoms with van der Waals surface area (Å²) in [6, 6.07) is 20.0. The normalized spacial score (nSPS) is 11.4. The van der Waals surface area contributed by atoms with Crippen LogP contribution in [0.2, 0.25) is 0 Å². The Balaban J connectivity index is 1.79. The number of benzene rings is 3. The smallest absolute Gasteiger partial charge is 0.263 e. The number of anilines is 3. The van der Waals surface area contributed by atoms with Crippen LogP contribution in [-0.2, 0) is 10.0 Å². The molecule has 30 heavy (non-hydrogen) atoms. The number of sulfonamides is 1. The Morgan fingerprint density at radius 1 is 0.733 bits per heavy atom. The van der Waals surface area contributed by atoms with Crippen molar-refractivity contribution in [2.75, 3.05) is 10.0 Å². The summed E-state index contributed by atoms with van der Waals surface area (Å²) < 4.78 is 28.6. The molecule has 0 aliphatic rings. The predicted molar refractivity (Wildman–Crippen MR) is 121 cm³/mol. The Bertz CT molecular complexity index is 1350. The van der Waals surface area contributed by atoms with Crippen LogP contribution in [0.25, 0.3) is 11.0 Å². The molecule has 0 aliphatic heterocycles. The van der Waals surface area contributed by atoms with E-state index >= 15 is 0 Å². The van der Waals surface area contributed by atoms with Gasteiger partial charge in [-0.1, -0.05) is 30.3 Å². The van der Waals surface area contributed by atoms with E-state index in [0.29, 0.717) is 16.9 Å². The molecule has 4 rings (SSSR count). The molecule has 2 N–H and O–H groups in total. The first-order valence-electron chi connectivity index (χ1n) is 9.52. The van der Waals surface area contributed by atoms with Crippen LogP contribution in [0.1, 0.15) is 16.7 Å². The fraction of sp³-hybridized carbons (Fsp3) is 0.130. The SMILES string of the molecule is Cc1cccc(S(=O)(=O)Nc2nc3ccccc3nc2Nc2ccc(C)c(C)c2)c1. The van der Waals surface area contributed by atoms with E-state index in [4.69, 9.17) is 0 Å². The third kappa shape index (κ3) is 4.11. The molecule has 0 unspecified atom stereocenters. The molecule has 1 heterocycles. The summed E-state index contributed by atoms with van der Waals surface area (Å²) >= 11 is 0. The molecule has 3 aromatic carbocycles. The number of para-hydroxylation sites is 2. The van der Waals surface area contributed by atoms with Crippen molar-refractivity contribution in [3.63, 3.8) is 0 Å². The van der Waals surface area contributed by atoms with E-state index in [1.54, 1.807) is 24.3 Å². The second-order valence-electron chi connectivity index (χ2n) is 7.26. The maximum atomic E-state index is 13.0. The third-order valence-corrected chi connectivity index (χ3v) is 6.21. The summed E-state index contributed by atoms with van der Waals surface area (Å²) in [5, 5.41) is 3.22.